The first kappa shape index (κ1) is 15.5. The van der Waals surface area contributed by atoms with Gasteiger partial charge < -0.3 is 14.1 Å². The Morgan fingerprint density at radius 3 is 2.68 bits per heavy atom. The van der Waals surface area contributed by atoms with Crippen molar-refractivity contribution in [2.45, 2.75) is 19.5 Å². The number of nitrogens with zero attached hydrogens (tertiary/aromatic N) is 1. The summed E-state index contributed by atoms with van der Waals surface area (Å²) in [6, 6.07) is 19.4. The zero-order valence-corrected chi connectivity index (χ0v) is 13.9. The summed E-state index contributed by atoms with van der Waals surface area (Å²) in [5.41, 5.74) is 2.88. The van der Waals surface area contributed by atoms with Gasteiger partial charge in [-0.05, 0) is 41.5 Å². The summed E-state index contributed by atoms with van der Waals surface area (Å²) in [4.78, 5) is 14.9. The largest absolute Gasteiger partial charge is 0.493 e. The van der Waals surface area contributed by atoms with E-state index in [2.05, 4.69) is 0 Å². The van der Waals surface area contributed by atoms with Gasteiger partial charge in [0.05, 0.1) is 19.4 Å². The standard InChI is InChI=1S/C21H19NO3/c23-21(18-8-9-20-17(13-18)10-12-25-20)22(15-19-7-4-11-24-19)14-16-5-2-1-3-6-16/h1-9,11,13H,10,12,14-15H2. The van der Waals surface area contributed by atoms with Crippen LogP contribution in [0.15, 0.2) is 71.3 Å². The highest BCUT2D eigenvalue weighted by molar-refractivity contribution is 5.94. The maximum Gasteiger partial charge on any atom is 0.254 e. The van der Waals surface area contributed by atoms with E-state index in [-0.39, 0.29) is 5.91 Å². The predicted octanol–water partition coefficient (Wildman–Crippen LogP) is 4.06. The highest BCUT2D eigenvalue weighted by atomic mass is 16.5. The molecule has 0 unspecified atom stereocenters. The molecule has 4 heteroatoms. The van der Waals surface area contributed by atoms with E-state index < -0.39 is 0 Å². The molecule has 0 bridgehead atoms. The van der Waals surface area contributed by atoms with Crippen LogP contribution in [0.1, 0.15) is 27.2 Å². The van der Waals surface area contributed by atoms with Gasteiger partial charge in [0.25, 0.3) is 5.91 Å². The van der Waals surface area contributed by atoms with E-state index in [1.165, 1.54) is 0 Å². The summed E-state index contributed by atoms with van der Waals surface area (Å²) < 4.78 is 11.0. The lowest BCUT2D eigenvalue weighted by molar-refractivity contribution is 0.0717. The third-order valence-corrected chi connectivity index (χ3v) is 4.37. The highest BCUT2D eigenvalue weighted by Crippen LogP contribution is 2.27. The number of hydrogen-bond acceptors (Lipinski definition) is 3. The first-order valence-corrected chi connectivity index (χ1v) is 8.41. The number of rotatable bonds is 5. The molecule has 2 aromatic carbocycles. The van der Waals surface area contributed by atoms with Crippen LogP contribution in [0.3, 0.4) is 0 Å². The van der Waals surface area contributed by atoms with E-state index in [9.17, 15) is 4.79 Å². The van der Waals surface area contributed by atoms with Crippen molar-refractivity contribution < 1.29 is 13.9 Å². The Labute approximate surface area is 146 Å². The molecular weight excluding hydrogens is 314 g/mol. The quantitative estimate of drug-likeness (QED) is 0.707. The SMILES string of the molecule is O=C(c1ccc2c(c1)CCO2)N(Cc1ccccc1)Cc1ccco1. The third-order valence-electron chi connectivity index (χ3n) is 4.37. The summed E-state index contributed by atoms with van der Waals surface area (Å²) in [7, 11) is 0. The van der Waals surface area contributed by atoms with Crippen molar-refractivity contribution in [3.05, 3.63) is 89.4 Å². The van der Waals surface area contributed by atoms with E-state index in [1.807, 2.05) is 65.6 Å². The van der Waals surface area contributed by atoms with E-state index in [4.69, 9.17) is 9.15 Å². The fourth-order valence-electron chi connectivity index (χ4n) is 3.10. The first-order chi connectivity index (χ1) is 12.3. The lowest BCUT2D eigenvalue weighted by Gasteiger charge is -2.22. The smallest absolute Gasteiger partial charge is 0.254 e. The van der Waals surface area contributed by atoms with Crippen molar-refractivity contribution in [2.24, 2.45) is 0 Å². The van der Waals surface area contributed by atoms with Gasteiger partial charge in [-0.25, -0.2) is 0 Å². The van der Waals surface area contributed by atoms with Crippen LogP contribution in [0, 0.1) is 0 Å². The van der Waals surface area contributed by atoms with Crippen LogP contribution >= 0.6 is 0 Å². The van der Waals surface area contributed by atoms with Crippen LogP contribution in [0.2, 0.25) is 0 Å². The van der Waals surface area contributed by atoms with Gasteiger partial charge in [0.2, 0.25) is 0 Å². The highest BCUT2D eigenvalue weighted by Gasteiger charge is 2.20. The molecule has 0 saturated carbocycles. The van der Waals surface area contributed by atoms with Gasteiger partial charge in [-0.1, -0.05) is 30.3 Å². The summed E-state index contributed by atoms with van der Waals surface area (Å²) in [6.45, 7) is 1.66. The summed E-state index contributed by atoms with van der Waals surface area (Å²) in [5.74, 6) is 1.65. The van der Waals surface area contributed by atoms with E-state index in [0.717, 1.165) is 29.1 Å². The van der Waals surface area contributed by atoms with Gasteiger partial charge in [0, 0.05) is 18.5 Å². The molecule has 0 N–H and O–H groups in total. The number of amides is 1. The molecule has 1 aliphatic rings. The molecule has 1 aliphatic heterocycles. The Morgan fingerprint density at radius 2 is 1.88 bits per heavy atom. The van der Waals surface area contributed by atoms with Crippen LogP contribution in [-0.4, -0.2) is 17.4 Å². The second-order valence-corrected chi connectivity index (χ2v) is 6.15. The van der Waals surface area contributed by atoms with Gasteiger partial charge in [0.15, 0.2) is 0 Å². The van der Waals surface area contributed by atoms with E-state index in [1.54, 1.807) is 6.26 Å². The lowest BCUT2D eigenvalue weighted by Crippen LogP contribution is -2.30. The van der Waals surface area contributed by atoms with Crippen molar-refractivity contribution in [2.75, 3.05) is 6.61 Å². The summed E-state index contributed by atoms with van der Waals surface area (Å²) in [6.07, 6.45) is 2.49. The molecule has 126 valence electrons. The Kier molecular flexibility index (Phi) is 4.25. The first-order valence-electron chi connectivity index (χ1n) is 8.41. The van der Waals surface area contributed by atoms with Crippen LogP contribution in [0.25, 0.3) is 0 Å². The molecule has 3 aromatic rings. The molecule has 4 rings (SSSR count). The minimum absolute atomic E-state index is 0.00467. The molecular formula is C21H19NO3. The molecule has 25 heavy (non-hydrogen) atoms. The van der Waals surface area contributed by atoms with E-state index >= 15 is 0 Å². The molecule has 0 aliphatic carbocycles. The van der Waals surface area contributed by atoms with Gasteiger partial charge in [-0.3, -0.25) is 4.79 Å². The van der Waals surface area contributed by atoms with Crippen molar-refractivity contribution in [3.8, 4) is 5.75 Å². The normalized spacial score (nSPS) is 12.5. The number of furan rings is 1. The number of carbonyl (C=O) groups excluding carboxylic acids is 1. The Morgan fingerprint density at radius 1 is 1.00 bits per heavy atom. The van der Waals surface area contributed by atoms with Gasteiger partial charge in [-0.2, -0.15) is 0 Å². The average molecular weight is 333 g/mol. The number of hydrogen-bond donors (Lipinski definition) is 0. The zero-order valence-electron chi connectivity index (χ0n) is 13.9. The second-order valence-electron chi connectivity index (χ2n) is 6.15. The summed E-state index contributed by atoms with van der Waals surface area (Å²) >= 11 is 0. The second kappa shape index (κ2) is 6.85. The molecule has 0 saturated heterocycles. The number of carbonyl (C=O) groups is 1. The molecule has 0 radical (unpaired) electrons. The van der Waals surface area contributed by atoms with Crippen LogP contribution in [-0.2, 0) is 19.5 Å². The average Bonchev–Trinajstić information content (AvgIpc) is 3.32. The van der Waals surface area contributed by atoms with Crippen molar-refractivity contribution >= 4 is 5.91 Å². The molecule has 1 amide bonds. The molecule has 2 heterocycles. The van der Waals surface area contributed by atoms with Crippen molar-refractivity contribution in [3.63, 3.8) is 0 Å². The predicted molar refractivity (Wildman–Crippen MR) is 94.4 cm³/mol. The fourth-order valence-corrected chi connectivity index (χ4v) is 3.10. The third kappa shape index (κ3) is 3.43. The molecule has 1 aromatic heterocycles. The Balaban J connectivity index is 1.61. The number of benzene rings is 2. The fraction of sp³-hybridized carbons (Fsp3) is 0.190. The maximum absolute atomic E-state index is 13.1. The lowest BCUT2D eigenvalue weighted by atomic mass is 10.1. The summed E-state index contributed by atoms with van der Waals surface area (Å²) in [5, 5.41) is 0. The minimum atomic E-state index is -0.00467. The van der Waals surface area contributed by atoms with Gasteiger partial charge in [-0.15, -0.1) is 0 Å². The minimum Gasteiger partial charge on any atom is -0.493 e. The van der Waals surface area contributed by atoms with E-state index in [0.29, 0.717) is 25.3 Å². The number of fused-ring (bicyclic) bond motifs is 1. The van der Waals surface area contributed by atoms with Crippen molar-refractivity contribution in [1.29, 1.82) is 0 Å². The van der Waals surface area contributed by atoms with Crippen molar-refractivity contribution in [1.82, 2.24) is 4.90 Å². The topological polar surface area (TPSA) is 42.7 Å². The maximum atomic E-state index is 13.1. The Hall–Kier alpha value is -3.01. The van der Waals surface area contributed by atoms with Crippen LogP contribution in [0.5, 0.6) is 5.75 Å². The van der Waals surface area contributed by atoms with Gasteiger partial charge >= 0.3 is 0 Å². The van der Waals surface area contributed by atoms with Crippen LogP contribution < -0.4 is 4.74 Å². The monoisotopic (exact) mass is 333 g/mol. The molecule has 0 fully saturated rings. The molecule has 0 spiro atoms. The van der Waals surface area contributed by atoms with Gasteiger partial charge in [0.1, 0.15) is 11.5 Å². The Bertz CT molecular complexity index is 856. The number of ether oxygens (including phenoxy) is 1. The van der Waals surface area contributed by atoms with Crippen LogP contribution in [0.4, 0.5) is 0 Å². The molecule has 4 nitrogen and oxygen atoms in total. The zero-order chi connectivity index (χ0) is 17.1. The molecule has 0 atom stereocenters.